The molecular formula is C19H34N4O6. The van der Waals surface area contributed by atoms with Gasteiger partial charge < -0.3 is 19.9 Å². The van der Waals surface area contributed by atoms with Crippen molar-refractivity contribution in [1.82, 2.24) is 10.6 Å². The molecule has 0 aliphatic rings. The maximum Gasteiger partial charge on any atom is 0.414 e. The Morgan fingerprint density at radius 2 is 1.45 bits per heavy atom. The van der Waals surface area contributed by atoms with Gasteiger partial charge in [0, 0.05) is 6.54 Å². The number of esters is 1. The highest BCUT2D eigenvalue weighted by molar-refractivity contribution is 6.01. The van der Waals surface area contributed by atoms with Crippen LogP contribution in [0.5, 0.6) is 0 Å². The van der Waals surface area contributed by atoms with Crippen LogP contribution in [0.2, 0.25) is 0 Å². The van der Waals surface area contributed by atoms with Gasteiger partial charge in [0.1, 0.15) is 17.2 Å². The summed E-state index contributed by atoms with van der Waals surface area (Å²) >= 11 is 0. The topological polar surface area (TPSA) is 141 Å². The molecule has 0 bridgehead atoms. The third-order valence-corrected chi connectivity index (χ3v) is 2.86. The van der Waals surface area contributed by atoms with E-state index in [0.717, 1.165) is 0 Å². The van der Waals surface area contributed by atoms with E-state index in [0.29, 0.717) is 12.8 Å². The Morgan fingerprint density at radius 3 is 1.86 bits per heavy atom. The number of ether oxygens (including phenoxy) is 3. The smallest absolute Gasteiger partial charge is 0.414 e. The zero-order valence-corrected chi connectivity index (χ0v) is 18.3. The molecule has 0 aliphatic carbocycles. The molecular weight excluding hydrogens is 380 g/mol. The van der Waals surface area contributed by atoms with Crippen LogP contribution in [-0.4, -0.2) is 55.0 Å². The lowest BCUT2D eigenvalue weighted by Crippen LogP contribution is -2.47. The molecule has 10 nitrogen and oxygen atoms in total. The highest BCUT2D eigenvalue weighted by atomic mass is 16.6. The highest BCUT2D eigenvalue weighted by Gasteiger charge is 2.21. The number of nitrogens with zero attached hydrogens (tertiary/aromatic N) is 1. The van der Waals surface area contributed by atoms with Crippen LogP contribution in [0.25, 0.3) is 0 Å². The number of nitrogens with one attached hydrogen (secondary N) is 2. The lowest BCUT2D eigenvalue weighted by atomic mass is 10.2. The molecule has 0 saturated carbocycles. The van der Waals surface area contributed by atoms with Crippen molar-refractivity contribution < 1.29 is 28.6 Å². The van der Waals surface area contributed by atoms with Gasteiger partial charge in [0.2, 0.25) is 5.96 Å². The second kappa shape index (κ2) is 12.1. The Morgan fingerprint density at radius 1 is 0.966 bits per heavy atom. The van der Waals surface area contributed by atoms with E-state index in [1.54, 1.807) is 53.7 Å². The fraction of sp³-hybridized carbons (Fsp3) is 0.684. The van der Waals surface area contributed by atoms with Crippen molar-refractivity contribution in [2.45, 2.75) is 71.6 Å². The Balaban J connectivity index is 4.84. The molecule has 0 rings (SSSR count). The summed E-state index contributed by atoms with van der Waals surface area (Å²) in [5.41, 5.74) is 4.21. The average molecular weight is 415 g/mol. The van der Waals surface area contributed by atoms with Crippen molar-refractivity contribution in [2.75, 3.05) is 13.7 Å². The van der Waals surface area contributed by atoms with Gasteiger partial charge in [-0.1, -0.05) is 12.2 Å². The van der Waals surface area contributed by atoms with E-state index in [2.05, 4.69) is 20.4 Å². The summed E-state index contributed by atoms with van der Waals surface area (Å²) in [6.07, 6.45) is 2.82. The van der Waals surface area contributed by atoms with Crippen LogP contribution in [0.4, 0.5) is 9.59 Å². The normalized spacial score (nSPS) is 12.7. The predicted molar refractivity (Wildman–Crippen MR) is 109 cm³/mol. The third kappa shape index (κ3) is 15.0. The first kappa shape index (κ1) is 26.4. The van der Waals surface area contributed by atoms with Crippen molar-refractivity contribution in [3.8, 4) is 0 Å². The molecule has 1 atom stereocenters. The zero-order valence-electron chi connectivity index (χ0n) is 18.3. The van der Waals surface area contributed by atoms with Crippen LogP contribution in [0, 0.1) is 0 Å². The summed E-state index contributed by atoms with van der Waals surface area (Å²) in [6.45, 7) is 10.6. The number of methoxy groups -OCH3 is 1. The molecule has 0 heterocycles. The first-order chi connectivity index (χ1) is 13.2. The summed E-state index contributed by atoms with van der Waals surface area (Å²) in [5, 5.41) is 4.79. The van der Waals surface area contributed by atoms with Gasteiger partial charge in [-0.25, -0.2) is 9.59 Å². The molecule has 10 heteroatoms. The molecule has 4 N–H and O–H groups in total. The summed E-state index contributed by atoms with van der Waals surface area (Å²) < 4.78 is 14.9. The van der Waals surface area contributed by atoms with Gasteiger partial charge in [0.05, 0.1) is 7.11 Å². The number of hydrogen-bond acceptors (Lipinski definition) is 8. The highest BCUT2D eigenvalue weighted by Crippen LogP contribution is 2.07. The van der Waals surface area contributed by atoms with Gasteiger partial charge in [0.15, 0.2) is 0 Å². The minimum absolute atomic E-state index is 0.0897. The fourth-order valence-corrected chi connectivity index (χ4v) is 1.77. The van der Waals surface area contributed by atoms with E-state index < -0.39 is 35.4 Å². The van der Waals surface area contributed by atoms with E-state index in [9.17, 15) is 14.4 Å². The second-order valence-electron chi connectivity index (χ2n) is 8.11. The summed E-state index contributed by atoms with van der Waals surface area (Å²) in [6, 6.07) is -0.724. The fourth-order valence-electron chi connectivity index (χ4n) is 1.77. The van der Waals surface area contributed by atoms with Gasteiger partial charge in [0.25, 0.3) is 0 Å². The van der Waals surface area contributed by atoms with E-state index >= 15 is 0 Å². The molecule has 0 radical (unpaired) electrons. The molecule has 0 fully saturated rings. The summed E-state index contributed by atoms with van der Waals surface area (Å²) in [5.74, 6) is -0.578. The molecule has 2 amide bonds. The van der Waals surface area contributed by atoms with Gasteiger partial charge in [-0.2, -0.15) is 0 Å². The van der Waals surface area contributed by atoms with Crippen LogP contribution in [0.15, 0.2) is 17.1 Å². The maximum absolute atomic E-state index is 12.0. The molecule has 29 heavy (non-hydrogen) atoms. The van der Waals surface area contributed by atoms with Crippen molar-refractivity contribution in [1.29, 1.82) is 0 Å². The van der Waals surface area contributed by atoms with Crippen LogP contribution in [-0.2, 0) is 19.0 Å². The standard InChI is InChI=1S/C19H34N4O6/c1-18(2,3)28-16(25)22-15(23-17(26)29-19(4,5)6)21-12-10-8-9-11-13(20)14(24)27-7/h8-9,13H,10-12,20H2,1-7H3,(H2,21,22,23,25,26)/b9-8+/t13-/m0/s1. The van der Waals surface area contributed by atoms with Crippen molar-refractivity contribution in [3.63, 3.8) is 0 Å². The van der Waals surface area contributed by atoms with Gasteiger partial charge in [-0.3, -0.25) is 20.4 Å². The minimum Gasteiger partial charge on any atom is -0.468 e. The number of amides is 2. The summed E-state index contributed by atoms with van der Waals surface area (Å²) in [4.78, 5) is 39.3. The Hall–Kier alpha value is -2.62. The van der Waals surface area contributed by atoms with Crippen LogP contribution in [0.1, 0.15) is 54.4 Å². The van der Waals surface area contributed by atoms with E-state index in [-0.39, 0.29) is 12.5 Å². The van der Waals surface area contributed by atoms with Crippen molar-refractivity contribution in [3.05, 3.63) is 12.2 Å². The number of alkyl carbamates (subject to hydrolysis) is 2. The number of guanidine groups is 1. The molecule has 0 aromatic carbocycles. The molecule has 166 valence electrons. The SMILES string of the molecule is COC(=O)[C@@H](N)C/C=C/CCN=C(NC(=O)OC(C)(C)C)NC(=O)OC(C)(C)C. The lowest BCUT2D eigenvalue weighted by Gasteiger charge is -2.22. The van der Waals surface area contributed by atoms with E-state index in [1.807, 2.05) is 0 Å². The monoisotopic (exact) mass is 414 g/mol. The van der Waals surface area contributed by atoms with Crippen molar-refractivity contribution >= 4 is 24.1 Å². The van der Waals surface area contributed by atoms with E-state index in [1.165, 1.54) is 7.11 Å². The van der Waals surface area contributed by atoms with Gasteiger partial charge in [-0.05, 0) is 54.4 Å². The Bertz CT molecular complexity index is 585. The number of nitrogens with two attached hydrogens (primary N) is 1. The molecule has 0 aliphatic heterocycles. The van der Waals surface area contributed by atoms with Crippen molar-refractivity contribution in [2.24, 2.45) is 10.7 Å². The van der Waals surface area contributed by atoms with Crippen LogP contribution >= 0.6 is 0 Å². The quantitative estimate of drug-likeness (QED) is 0.151. The predicted octanol–water partition coefficient (Wildman–Crippen LogP) is 2.23. The number of carbonyl (C=O) groups is 3. The lowest BCUT2D eigenvalue weighted by molar-refractivity contribution is -0.142. The number of carbonyl (C=O) groups excluding carboxylic acids is 3. The molecule has 0 aromatic rings. The Labute approximate surface area is 172 Å². The first-order valence-corrected chi connectivity index (χ1v) is 9.26. The molecule has 0 saturated heterocycles. The van der Waals surface area contributed by atoms with Gasteiger partial charge in [-0.15, -0.1) is 0 Å². The Kier molecular flexibility index (Phi) is 11.0. The maximum atomic E-state index is 12.0. The molecule has 0 spiro atoms. The first-order valence-electron chi connectivity index (χ1n) is 9.26. The second-order valence-corrected chi connectivity index (χ2v) is 8.11. The van der Waals surface area contributed by atoms with E-state index in [4.69, 9.17) is 15.2 Å². The zero-order chi connectivity index (χ0) is 22.7. The number of hydrogen-bond donors (Lipinski definition) is 3. The number of rotatable bonds is 6. The number of aliphatic imine (C=N–C) groups is 1. The van der Waals surface area contributed by atoms with Gasteiger partial charge >= 0.3 is 18.2 Å². The largest absolute Gasteiger partial charge is 0.468 e. The van der Waals surface area contributed by atoms with Crippen LogP contribution < -0.4 is 16.4 Å². The third-order valence-electron chi connectivity index (χ3n) is 2.86. The molecule has 0 aromatic heterocycles. The average Bonchev–Trinajstić information content (AvgIpc) is 2.53. The summed E-state index contributed by atoms with van der Waals surface area (Å²) in [7, 11) is 1.28. The minimum atomic E-state index is -0.757. The molecule has 0 unspecified atom stereocenters. The van der Waals surface area contributed by atoms with Crippen LogP contribution in [0.3, 0.4) is 0 Å².